The van der Waals surface area contributed by atoms with Crippen molar-refractivity contribution in [2.75, 3.05) is 6.54 Å². The Hall–Kier alpha value is -0.790. The van der Waals surface area contributed by atoms with Gasteiger partial charge in [0.05, 0.1) is 0 Å². The van der Waals surface area contributed by atoms with Crippen LogP contribution < -0.4 is 0 Å². The number of nitrogens with zero attached hydrogens (tertiary/aromatic N) is 2. The second-order valence-corrected chi connectivity index (χ2v) is 2.19. The average Bonchev–Trinajstić information content (AvgIpc) is 1.99. The van der Waals surface area contributed by atoms with Crippen LogP contribution in [0.3, 0.4) is 0 Å². The number of hydrogen-bond acceptors (Lipinski definition) is 2. The van der Waals surface area contributed by atoms with Crippen molar-refractivity contribution >= 4 is 6.72 Å². The highest BCUT2D eigenvalue weighted by Gasteiger charge is 1.97. The van der Waals surface area contributed by atoms with Crippen LogP contribution in [0.2, 0.25) is 0 Å². The lowest BCUT2D eigenvalue weighted by Crippen LogP contribution is -2.14. The molecule has 0 aliphatic carbocycles. The highest BCUT2D eigenvalue weighted by atomic mass is 15.4. The van der Waals surface area contributed by atoms with E-state index in [9.17, 15) is 0 Å². The molecule has 0 aromatic rings. The van der Waals surface area contributed by atoms with Crippen molar-refractivity contribution < 1.29 is 0 Å². The van der Waals surface area contributed by atoms with Gasteiger partial charge in [0.2, 0.25) is 0 Å². The summed E-state index contributed by atoms with van der Waals surface area (Å²) in [7, 11) is 0. The van der Waals surface area contributed by atoms with Gasteiger partial charge in [-0.3, -0.25) is 5.01 Å². The topological polar surface area (TPSA) is 15.6 Å². The van der Waals surface area contributed by atoms with Crippen molar-refractivity contribution in [1.82, 2.24) is 5.01 Å². The Balaban J connectivity index is 3.93. The standard InChI is InChI=1S/C8H16N2/c1-5-7-10(9-4)8(3)6-2/h6H,4-5,7H2,1-3H3/b8-6-. The maximum atomic E-state index is 3.86. The van der Waals surface area contributed by atoms with E-state index in [0.717, 1.165) is 18.7 Å². The second kappa shape index (κ2) is 5.03. The third-order valence-corrected chi connectivity index (χ3v) is 1.43. The van der Waals surface area contributed by atoms with Gasteiger partial charge >= 0.3 is 0 Å². The van der Waals surface area contributed by atoms with Gasteiger partial charge in [-0.05, 0) is 20.3 Å². The van der Waals surface area contributed by atoms with Crippen molar-refractivity contribution in [3.8, 4) is 0 Å². The van der Waals surface area contributed by atoms with Crippen LogP contribution in [0.1, 0.15) is 27.2 Å². The lowest BCUT2D eigenvalue weighted by molar-refractivity contribution is 0.367. The van der Waals surface area contributed by atoms with E-state index >= 15 is 0 Å². The molecule has 2 heteroatoms. The first-order chi connectivity index (χ1) is 4.76. The van der Waals surface area contributed by atoms with Crippen LogP contribution in [0.15, 0.2) is 16.9 Å². The zero-order valence-electron chi connectivity index (χ0n) is 7.09. The Labute approximate surface area is 63.2 Å². The van der Waals surface area contributed by atoms with Gasteiger partial charge in [0.25, 0.3) is 0 Å². The van der Waals surface area contributed by atoms with Gasteiger partial charge in [0.15, 0.2) is 0 Å². The molecule has 0 aromatic heterocycles. The Kier molecular flexibility index (Phi) is 4.63. The van der Waals surface area contributed by atoms with Gasteiger partial charge in [-0.2, -0.15) is 5.10 Å². The van der Waals surface area contributed by atoms with Crippen molar-refractivity contribution in [2.45, 2.75) is 27.2 Å². The van der Waals surface area contributed by atoms with Crippen LogP contribution in [0.4, 0.5) is 0 Å². The predicted molar refractivity (Wildman–Crippen MR) is 46.0 cm³/mol. The van der Waals surface area contributed by atoms with Gasteiger partial charge < -0.3 is 0 Å². The van der Waals surface area contributed by atoms with Crippen molar-refractivity contribution in [1.29, 1.82) is 0 Å². The maximum absolute atomic E-state index is 3.86. The lowest BCUT2D eigenvalue weighted by Gasteiger charge is -2.17. The highest BCUT2D eigenvalue weighted by molar-refractivity contribution is 5.23. The van der Waals surface area contributed by atoms with Crippen molar-refractivity contribution in [2.24, 2.45) is 5.10 Å². The first kappa shape index (κ1) is 9.21. The largest absolute Gasteiger partial charge is 0.271 e. The van der Waals surface area contributed by atoms with Crippen LogP contribution in [0.5, 0.6) is 0 Å². The molecule has 0 heterocycles. The Morgan fingerprint density at radius 2 is 2.30 bits per heavy atom. The minimum Gasteiger partial charge on any atom is -0.271 e. The monoisotopic (exact) mass is 140 g/mol. The summed E-state index contributed by atoms with van der Waals surface area (Å²) in [4.78, 5) is 0. The predicted octanol–water partition coefficient (Wildman–Crippen LogP) is 2.24. The molecular formula is C8H16N2. The van der Waals surface area contributed by atoms with Crippen LogP contribution in [0, 0.1) is 0 Å². The van der Waals surface area contributed by atoms with E-state index in [4.69, 9.17) is 0 Å². The molecule has 0 N–H and O–H groups in total. The molecular weight excluding hydrogens is 124 g/mol. The summed E-state index contributed by atoms with van der Waals surface area (Å²) in [6, 6.07) is 0. The first-order valence-electron chi connectivity index (χ1n) is 3.63. The third kappa shape index (κ3) is 2.67. The summed E-state index contributed by atoms with van der Waals surface area (Å²) in [6.45, 7) is 10.6. The van der Waals surface area contributed by atoms with Crippen LogP contribution in [-0.4, -0.2) is 18.3 Å². The highest BCUT2D eigenvalue weighted by Crippen LogP contribution is 2.03. The molecule has 0 radical (unpaired) electrons. The molecule has 0 amide bonds. The van der Waals surface area contributed by atoms with E-state index in [1.165, 1.54) is 0 Å². The average molecular weight is 140 g/mol. The number of hydrazone groups is 1. The normalized spacial score (nSPS) is 11.3. The van der Waals surface area contributed by atoms with Crippen LogP contribution in [-0.2, 0) is 0 Å². The molecule has 2 nitrogen and oxygen atoms in total. The first-order valence-corrected chi connectivity index (χ1v) is 3.63. The Bertz CT molecular complexity index is 127. The van der Waals surface area contributed by atoms with Crippen LogP contribution in [0.25, 0.3) is 0 Å². The minimum atomic E-state index is 0.958. The molecule has 0 saturated heterocycles. The SMILES string of the molecule is C=NN(CCC)/C(C)=C\C. The molecule has 0 rings (SSSR count). The fourth-order valence-corrected chi connectivity index (χ4v) is 0.719. The van der Waals surface area contributed by atoms with Gasteiger partial charge in [-0.15, -0.1) is 0 Å². The zero-order valence-corrected chi connectivity index (χ0v) is 7.09. The summed E-state index contributed by atoms with van der Waals surface area (Å²) in [5.41, 5.74) is 1.16. The van der Waals surface area contributed by atoms with Crippen molar-refractivity contribution in [3.63, 3.8) is 0 Å². The molecule has 0 spiro atoms. The maximum Gasteiger partial charge on any atom is 0.0409 e. The molecule has 0 bridgehead atoms. The molecule has 0 aliphatic rings. The molecule has 10 heavy (non-hydrogen) atoms. The van der Waals surface area contributed by atoms with Crippen molar-refractivity contribution in [3.05, 3.63) is 11.8 Å². The summed E-state index contributed by atoms with van der Waals surface area (Å²) >= 11 is 0. The van der Waals surface area contributed by atoms with Gasteiger partial charge in [0, 0.05) is 19.0 Å². The smallest absolute Gasteiger partial charge is 0.0409 e. The summed E-state index contributed by atoms with van der Waals surface area (Å²) in [5.74, 6) is 0. The third-order valence-electron chi connectivity index (χ3n) is 1.43. The molecule has 0 fully saturated rings. The quantitative estimate of drug-likeness (QED) is 0.432. The zero-order chi connectivity index (χ0) is 7.98. The molecule has 58 valence electrons. The van der Waals surface area contributed by atoms with Gasteiger partial charge in [-0.25, -0.2) is 0 Å². The number of hydrogen-bond donors (Lipinski definition) is 0. The van der Waals surface area contributed by atoms with Crippen LogP contribution >= 0.6 is 0 Å². The second-order valence-electron chi connectivity index (χ2n) is 2.19. The molecule has 0 aliphatic heterocycles. The van der Waals surface area contributed by atoms with E-state index < -0.39 is 0 Å². The van der Waals surface area contributed by atoms with E-state index in [1.807, 2.05) is 24.9 Å². The lowest BCUT2D eigenvalue weighted by atomic mass is 10.4. The summed E-state index contributed by atoms with van der Waals surface area (Å²) in [5, 5.41) is 5.77. The van der Waals surface area contributed by atoms with E-state index in [-0.39, 0.29) is 0 Å². The van der Waals surface area contributed by atoms with Gasteiger partial charge in [0.1, 0.15) is 0 Å². The summed E-state index contributed by atoms with van der Waals surface area (Å²) < 4.78 is 0. The molecule has 0 saturated carbocycles. The molecule has 0 atom stereocenters. The Morgan fingerprint density at radius 3 is 2.60 bits per heavy atom. The van der Waals surface area contributed by atoms with Gasteiger partial charge in [-0.1, -0.05) is 13.0 Å². The molecule has 0 unspecified atom stereocenters. The fraction of sp³-hybridized carbons (Fsp3) is 0.625. The van der Waals surface area contributed by atoms with E-state index in [2.05, 4.69) is 18.7 Å². The number of allylic oxidation sites excluding steroid dienone is 2. The summed E-state index contributed by atoms with van der Waals surface area (Å²) in [6.07, 6.45) is 3.13. The number of rotatable bonds is 4. The molecule has 0 aromatic carbocycles. The Morgan fingerprint density at radius 1 is 1.70 bits per heavy atom. The van der Waals surface area contributed by atoms with E-state index in [1.54, 1.807) is 0 Å². The fourth-order valence-electron chi connectivity index (χ4n) is 0.719. The van der Waals surface area contributed by atoms with E-state index in [0.29, 0.717) is 0 Å². The minimum absolute atomic E-state index is 0.958.